The molecule has 0 aliphatic rings. The van der Waals surface area contributed by atoms with Crippen molar-refractivity contribution in [2.24, 2.45) is 14.1 Å². The maximum atomic E-state index is 13.9. The molecule has 0 saturated carbocycles. The Balaban J connectivity index is 2.34. The van der Waals surface area contributed by atoms with Crippen LogP contribution in [0.5, 0.6) is 0 Å². The second-order valence-electron chi connectivity index (χ2n) is 5.96. The summed E-state index contributed by atoms with van der Waals surface area (Å²) in [6.45, 7) is 3.27. The van der Waals surface area contributed by atoms with Gasteiger partial charge in [-0.3, -0.25) is 18.7 Å². The van der Waals surface area contributed by atoms with Crippen molar-refractivity contribution in [2.75, 3.05) is 5.73 Å². The van der Waals surface area contributed by atoms with Gasteiger partial charge < -0.3 is 11.1 Å². The van der Waals surface area contributed by atoms with Crippen molar-refractivity contribution in [3.05, 3.63) is 62.0 Å². The van der Waals surface area contributed by atoms with Gasteiger partial charge in [-0.1, -0.05) is 18.2 Å². The van der Waals surface area contributed by atoms with Crippen LogP contribution in [0.25, 0.3) is 0 Å². The van der Waals surface area contributed by atoms with Crippen LogP contribution >= 0.6 is 0 Å². The second kappa shape index (κ2) is 7.02. The summed E-state index contributed by atoms with van der Waals surface area (Å²) in [5.74, 6) is -1.14. The topological polar surface area (TPSA) is 99.1 Å². The number of ketones is 1. The number of rotatable bonds is 5. The van der Waals surface area contributed by atoms with E-state index in [0.717, 1.165) is 9.13 Å². The number of nitrogens with two attached hydrogens (primary N) is 1. The molecule has 134 valence electrons. The summed E-state index contributed by atoms with van der Waals surface area (Å²) in [4.78, 5) is 36.8. The number of halogens is 1. The van der Waals surface area contributed by atoms with Crippen LogP contribution in [0.2, 0.25) is 0 Å². The third-order valence-corrected chi connectivity index (χ3v) is 4.22. The molecule has 0 spiro atoms. The van der Waals surface area contributed by atoms with Gasteiger partial charge >= 0.3 is 5.69 Å². The molecule has 1 aromatic heterocycles. The fraction of sp³-hybridized carbons (Fsp3) is 0.353. The lowest BCUT2D eigenvalue weighted by atomic mass is 10.0. The Hall–Kier alpha value is -2.74. The number of hydrogen-bond donors (Lipinski definition) is 2. The molecule has 7 nitrogen and oxygen atoms in total. The Morgan fingerprint density at radius 3 is 2.36 bits per heavy atom. The predicted molar refractivity (Wildman–Crippen MR) is 93.1 cm³/mol. The molecule has 2 rings (SSSR count). The Kier molecular flexibility index (Phi) is 5.22. The number of benzene rings is 1. The minimum absolute atomic E-state index is 0.190. The van der Waals surface area contributed by atoms with E-state index in [1.54, 1.807) is 32.0 Å². The highest BCUT2D eigenvalue weighted by atomic mass is 19.1. The number of hydrogen-bond acceptors (Lipinski definition) is 5. The zero-order chi connectivity index (χ0) is 18.9. The van der Waals surface area contributed by atoms with Crippen LogP contribution in [0.1, 0.15) is 35.8 Å². The summed E-state index contributed by atoms with van der Waals surface area (Å²) in [7, 11) is 2.66. The number of carbonyl (C=O) groups is 1. The summed E-state index contributed by atoms with van der Waals surface area (Å²) in [5.41, 5.74) is 4.58. The van der Waals surface area contributed by atoms with Crippen molar-refractivity contribution >= 4 is 11.6 Å². The number of aromatic nitrogens is 2. The van der Waals surface area contributed by atoms with Gasteiger partial charge in [-0.05, 0) is 19.9 Å². The average Bonchev–Trinajstić information content (AvgIpc) is 2.58. The van der Waals surface area contributed by atoms with Gasteiger partial charge in [-0.2, -0.15) is 0 Å². The van der Waals surface area contributed by atoms with Gasteiger partial charge in [0, 0.05) is 25.7 Å². The minimum atomic E-state index is -0.804. The van der Waals surface area contributed by atoms with Crippen molar-refractivity contribution in [1.29, 1.82) is 0 Å². The predicted octanol–water partition coefficient (Wildman–Crippen LogP) is 0.727. The molecule has 8 heteroatoms. The fourth-order valence-corrected chi connectivity index (χ4v) is 2.67. The quantitative estimate of drug-likeness (QED) is 0.776. The van der Waals surface area contributed by atoms with Gasteiger partial charge in [0.05, 0.1) is 6.04 Å². The van der Waals surface area contributed by atoms with Crippen LogP contribution in [0.15, 0.2) is 33.9 Å². The third-order valence-electron chi connectivity index (χ3n) is 4.22. The molecule has 25 heavy (non-hydrogen) atoms. The first-order chi connectivity index (χ1) is 11.7. The van der Waals surface area contributed by atoms with E-state index in [1.165, 1.54) is 20.2 Å². The van der Waals surface area contributed by atoms with Crippen molar-refractivity contribution in [2.45, 2.75) is 25.9 Å². The van der Waals surface area contributed by atoms with Crippen LogP contribution in [0, 0.1) is 5.82 Å². The summed E-state index contributed by atoms with van der Waals surface area (Å²) >= 11 is 0. The first-order valence-electron chi connectivity index (χ1n) is 7.77. The van der Waals surface area contributed by atoms with Gasteiger partial charge in [0.15, 0.2) is 5.78 Å². The standard InChI is InChI=1S/C17H21FN4O3/c1-9(11-7-5-6-8-12(11)18)20-10(2)14(23)13-15(19)21(3)17(25)22(4)16(13)24/h5-10,20H,19H2,1-4H3. The molecule has 0 aliphatic heterocycles. The number of nitrogens with zero attached hydrogens (tertiary/aromatic N) is 2. The molecule has 0 aliphatic carbocycles. The number of nitrogens with one attached hydrogen (secondary N) is 1. The molecule has 2 aromatic rings. The number of nitrogen functional groups attached to an aromatic ring is 1. The second-order valence-corrected chi connectivity index (χ2v) is 5.96. The maximum Gasteiger partial charge on any atom is 0.332 e. The molecule has 3 N–H and O–H groups in total. The van der Waals surface area contributed by atoms with E-state index in [0.29, 0.717) is 5.56 Å². The Morgan fingerprint density at radius 2 is 1.76 bits per heavy atom. The summed E-state index contributed by atoms with van der Waals surface area (Å²) in [6.07, 6.45) is 0. The number of carbonyl (C=O) groups excluding carboxylic acids is 1. The van der Waals surface area contributed by atoms with E-state index in [1.807, 2.05) is 0 Å². The molecule has 2 unspecified atom stereocenters. The Bertz CT molecular complexity index is 932. The van der Waals surface area contributed by atoms with Gasteiger partial charge in [0.25, 0.3) is 5.56 Å². The SMILES string of the molecule is CC(NC(C)c1ccccc1F)C(=O)c1c(N)n(C)c(=O)n(C)c1=O. The van der Waals surface area contributed by atoms with Crippen LogP contribution in [0.3, 0.4) is 0 Å². The van der Waals surface area contributed by atoms with E-state index >= 15 is 0 Å². The molecular weight excluding hydrogens is 327 g/mol. The van der Waals surface area contributed by atoms with E-state index < -0.39 is 29.1 Å². The molecule has 0 amide bonds. The summed E-state index contributed by atoms with van der Waals surface area (Å²) < 4.78 is 15.7. The highest BCUT2D eigenvalue weighted by molar-refractivity contribution is 6.03. The normalized spacial score (nSPS) is 13.5. The van der Waals surface area contributed by atoms with E-state index in [9.17, 15) is 18.8 Å². The molecule has 0 saturated heterocycles. The lowest BCUT2D eigenvalue weighted by molar-refractivity contribution is 0.0943. The number of Topliss-reactive ketones (excluding diaryl/α,β-unsaturated/α-hetero) is 1. The molecule has 1 aromatic carbocycles. The monoisotopic (exact) mass is 348 g/mol. The van der Waals surface area contributed by atoms with Gasteiger partial charge in [0.1, 0.15) is 17.2 Å². The van der Waals surface area contributed by atoms with Crippen LogP contribution in [0.4, 0.5) is 10.2 Å². The van der Waals surface area contributed by atoms with E-state index in [2.05, 4.69) is 5.32 Å². The van der Waals surface area contributed by atoms with Gasteiger partial charge in [-0.15, -0.1) is 0 Å². The van der Waals surface area contributed by atoms with Crippen molar-refractivity contribution in [3.8, 4) is 0 Å². The first kappa shape index (κ1) is 18.6. The lowest BCUT2D eigenvalue weighted by Gasteiger charge is -2.21. The molecule has 0 bridgehead atoms. The van der Waals surface area contributed by atoms with Gasteiger partial charge in [-0.25, -0.2) is 9.18 Å². The van der Waals surface area contributed by atoms with E-state index in [4.69, 9.17) is 5.73 Å². The highest BCUT2D eigenvalue weighted by Crippen LogP contribution is 2.17. The summed E-state index contributed by atoms with van der Waals surface area (Å²) in [6, 6.07) is 4.96. The largest absolute Gasteiger partial charge is 0.384 e. The zero-order valence-electron chi connectivity index (χ0n) is 14.5. The zero-order valence-corrected chi connectivity index (χ0v) is 14.5. The van der Waals surface area contributed by atoms with Crippen molar-refractivity contribution < 1.29 is 9.18 Å². The van der Waals surface area contributed by atoms with Gasteiger partial charge in [0.2, 0.25) is 0 Å². The molecule has 2 atom stereocenters. The fourth-order valence-electron chi connectivity index (χ4n) is 2.67. The maximum absolute atomic E-state index is 13.9. The van der Waals surface area contributed by atoms with E-state index in [-0.39, 0.29) is 17.2 Å². The Morgan fingerprint density at radius 1 is 1.16 bits per heavy atom. The van der Waals surface area contributed by atoms with Crippen LogP contribution in [-0.4, -0.2) is 21.0 Å². The molecule has 0 fully saturated rings. The molecule has 1 heterocycles. The third kappa shape index (κ3) is 3.39. The van der Waals surface area contributed by atoms with Crippen LogP contribution < -0.4 is 22.3 Å². The van der Waals surface area contributed by atoms with Crippen LogP contribution in [-0.2, 0) is 14.1 Å². The minimum Gasteiger partial charge on any atom is -0.384 e. The lowest BCUT2D eigenvalue weighted by Crippen LogP contribution is -2.45. The average molecular weight is 348 g/mol. The Labute approximate surface area is 143 Å². The smallest absolute Gasteiger partial charge is 0.332 e. The van der Waals surface area contributed by atoms with Crippen molar-refractivity contribution in [1.82, 2.24) is 14.5 Å². The molecule has 0 radical (unpaired) electrons. The summed E-state index contributed by atoms with van der Waals surface area (Å²) in [5, 5.41) is 2.96. The molecular formula is C17H21FN4O3. The first-order valence-corrected chi connectivity index (χ1v) is 7.77. The number of anilines is 1. The van der Waals surface area contributed by atoms with Crippen molar-refractivity contribution in [3.63, 3.8) is 0 Å². The highest BCUT2D eigenvalue weighted by Gasteiger charge is 2.26.